The maximum atomic E-state index is 12.4. The molecule has 2 aromatic carbocycles. The van der Waals surface area contributed by atoms with Gasteiger partial charge in [-0.25, -0.2) is 4.98 Å². The molecule has 188 valence electrons. The molecule has 1 amide bonds. The van der Waals surface area contributed by atoms with Gasteiger partial charge in [-0.1, -0.05) is 23.7 Å². The number of aromatic nitrogens is 2. The Kier molecular flexibility index (Phi) is 8.03. The summed E-state index contributed by atoms with van der Waals surface area (Å²) in [7, 11) is 0. The first-order valence-electron chi connectivity index (χ1n) is 11.0. The van der Waals surface area contributed by atoms with Gasteiger partial charge in [0, 0.05) is 74.4 Å². The normalized spacial score (nSPS) is 14.0. The Morgan fingerprint density at radius 2 is 1.67 bits per heavy atom. The van der Waals surface area contributed by atoms with Crippen LogP contribution in [0.4, 0.5) is 16.5 Å². The second-order valence-electron chi connectivity index (χ2n) is 8.13. The number of nitro groups is 2. The van der Waals surface area contributed by atoms with Gasteiger partial charge in [0.15, 0.2) is 0 Å². The molecule has 0 atom stereocenters. The van der Waals surface area contributed by atoms with Crippen molar-refractivity contribution in [1.29, 1.82) is 0 Å². The highest BCUT2D eigenvalue weighted by Crippen LogP contribution is 2.23. The smallest absolute Gasteiger partial charge is 0.277 e. The molecule has 1 aliphatic heterocycles. The van der Waals surface area contributed by atoms with Gasteiger partial charge in [0.2, 0.25) is 5.13 Å². The molecule has 0 bridgehead atoms. The van der Waals surface area contributed by atoms with Gasteiger partial charge >= 0.3 is 0 Å². The summed E-state index contributed by atoms with van der Waals surface area (Å²) in [5.41, 5.74) is -0.0290. The quantitative estimate of drug-likeness (QED) is 0.324. The van der Waals surface area contributed by atoms with E-state index < -0.39 is 27.1 Å². The Bertz CT molecular complexity index is 1230. The first-order valence-corrected chi connectivity index (χ1v) is 12.2. The molecule has 0 spiro atoms. The van der Waals surface area contributed by atoms with E-state index in [9.17, 15) is 25.0 Å². The average molecular weight is 532 g/mol. The van der Waals surface area contributed by atoms with E-state index in [2.05, 4.69) is 24.5 Å². The van der Waals surface area contributed by atoms with Crippen molar-refractivity contribution in [2.45, 2.75) is 6.42 Å². The topological polar surface area (TPSA) is 148 Å². The highest BCUT2D eigenvalue weighted by molar-refractivity contribution is 7.09. The second-order valence-corrected chi connectivity index (χ2v) is 9.30. The van der Waals surface area contributed by atoms with Crippen molar-refractivity contribution in [3.05, 3.63) is 84.7 Å². The van der Waals surface area contributed by atoms with Gasteiger partial charge in [0.05, 0.1) is 21.5 Å². The van der Waals surface area contributed by atoms with Crippen LogP contribution >= 0.6 is 23.1 Å². The van der Waals surface area contributed by atoms with Crippen LogP contribution in [0.3, 0.4) is 0 Å². The van der Waals surface area contributed by atoms with Crippen molar-refractivity contribution in [2.75, 3.05) is 44.2 Å². The van der Waals surface area contributed by atoms with E-state index in [1.54, 1.807) is 0 Å². The van der Waals surface area contributed by atoms with Crippen LogP contribution in [-0.4, -0.2) is 69.3 Å². The largest absolute Gasteiger partial charge is 0.351 e. The molecule has 4 rings (SSSR count). The Labute approximate surface area is 215 Å². The van der Waals surface area contributed by atoms with Crippen LogP contribution < -0.4 is 10.2 Å². The summed E-state index contributed by atoms with van der Waals surface area (Å²) in [6.07, 6.45) is 0.640. The molecule has 1 fully saturated rings. The molecule has 1 N–H and O–H groups in total. The number of nitrogens with zero attached hydrogens (tertiary/aromatic N) is 6. The molecule has 0 radical (unpaired) electrons. The highest BCUT2D eigenvalue weighted by Gasteiger charge is 2.22. The molecule has 3 aromatic rings. The minimum atomic E-state index is -0.762. The van der Waals surface area contributed by atoms with Gasteiger partial charge in [0.25, 0.3) is 17.3 Å². The van der Waals surface area contributed by atoms with E-state index in [4.69, 9.17) is 11.6 Å². The van der Waals surface area contributed by atoms with Crippen molar-refractivity contribution in [3.63, 3.8) is 0 Å². The Morgan fingerprint density at radius 1 is 1.03 bits per heavy atom. The predicted molar refractivity (Wildman–Crippen MR) is 135 cm³/mol. The number of carbonyl (C=O) groups is 1. The predicted octanol–water partition coefficient (Wildman–Crippen LogP) is 3.15. The number of anilines is 1. The lowest BCUT2D eigenvalue weighted by Gasteiger charge is -2.34. The first-order chi connectivity index (χ1) is 17.3. The van der Waals surface area contributed by atoms with E-state index in [1.807, 2.05) is 24.3 Å². The number of halogens is 1. The number of hydrogen-bond acceptors (Lipinski definition) is 10. The lowest BCUT2D eigenvalue weighted by atomic mass is 10.1. The number of rotatable bonds is 9. The zero-order valence-electron chi connectivity index (χ0n) is 19.0. The Balaban J connectivity index is 1.24. The van der Waals surface area contributed by atoms with Crippen LogP contribution in [0.25, 0.3) is 0 Å². The zero-order valence-corrected chi connectivity index (χ0v) is 20.6. The summed E-state index contributed by atoms with van der Waals surface area (Å²) < 4.78 is 4.47. The van der Waals surface area contributed by atoms with E-state index in [0.717, 1.165) is 60.9 Å². The number of nitro benzene ring substituents is 2. The number of amides is 1. The van der Waals surface area contributed by atoms with Gasteiger partial charge in [-0.15, -0.1) is 0 Å². The van der Waals surface area contributed by atoms with Gasteiger partial charge in [0.1, 0.15) is 5.82 Å². The van der Waals surface area contributed by atoms with Crippen LogP contribution in [0, 0.1) is 20.2 Å². The van der Waals surface area contributed by atoms with Crippen LogP contribution in [0.15, 0.2) is 42.5 Å². The average Bonchev–Trinajstić information content (AvgIpc) is 3.34. The summed E-state index contributed by atoms with van der Waals surface area (Å²) in [5, 5.41) is 26.3. The SMILES string of the molecule is O=C(NCCN1CCN(c2nc(Cc3ccc(Cl)cc3)ns2)CC1)c1cc([N+](=O)[O-])cc([N+](=O)[O-])c1. The van der Waals surface area contributed by atoms with E-state index in [-0.39, 0.29) is 5.56 Å². The lowest BCUT2D eigenvalue weighted by molar-refractivity contribution is -0.394. The van der Waals surface area contributed by atoms with Gasteiger partial charge < -0.3 is 10.2 Å². The summed E-state index contributed by atoms with van der Waals surface area (Å²) in [4.78, 5) is 42.0. The molecule has 1 aliphatic rings. The van der Waals surface area contributed by atoms with Gasteiger partial charge in [-0.05, 0) is 17.7 Å². The van der Waals surface area contributed by atoms with Crippen molar-refractivity contribution < 1.29 is 14.6 Å². The number of carbonyl (C=O) groups excluding carboxylic acids is 1. The molecule has 12 nitrogen and oxygen atoms in total. The molecule has 0 saturated carbocycles. The fraction of sp³-hybridized carbons (Fsp3) is 0.318. The Morgan fingerprint density at radius 3 is 2.28 bits per heavy atom. The van der Waals surface area contributed by atoms with Gasteiger partial charge in [-0.3, -0.25) is 29.9 Å². The van der Waals surface area contributed by atoms with Crippen molar-refractivity contribution in [2.24, 2.45) is 0 Å². The Hall–Kier alpha value is -3.68. The zero-order chi connectivity index (χ0) is 25.7. The number of piperazine rings is 1. The number of benzene rings is 2. The third-order valence-corrected chi connectivity index (χ3v) is 6.74. The van der Waals surface area contributed by atoms with Crippen LogP contribution in [-0.2, 0) is 6.42 Å². The summed E-state index contributed by atoms with van der Waals surface area (Å²) in [5.74, 6) is 0.173. The number of non-ortho nitro benzene ring substituents is 2. The molecule has 1 aromatic heterocycles. The standard InChI is InChI=1S/C22H22ClN7O5S/c23-17-3-1-15(2-4-17)11-20-25-22(36-26-20)28-9-7-27(8-10-28)6-5-24-21(31)16-12-18(29(32)33)14-19(13-16)30(34)35/h1-4,12-14H,5-11H2,(H,24,31). The molecule has 0 unspecified atom stereocenters. The van der Waals surface area contributed by atoms with E-state index in [1.165, 1.54) is 11.5 Å². The third-order valence-electron chi connectivity index (χ3n) is 5.68. The van der Waals surface area contributed by atoms with Crippen molar-refractivity contribution in [3.8, 4) is 0 Å². The van der Waals surface area contributed by atoms with Crippen molar-refractivity contribution >= 4 is 45.5 Å². The molecule has 0 aliphatic carbocycles. The van der Waals surface area contributed by atoms with Crippen molar-refractivity contribution in [1.82, 2.24) is 19.6 Å². The monoisotopic (exact) mass is 531 g/mol. The van der Waals surface area contributed by atoms with E-state index in [0.29, 0.717) is 24.5 Å². The maximum Gasteiger partial charge on any atom is 0.277 e. The van der Waals surface area contributed by atoms with Crippen LogP contribution in [0.2, 0.25) is 5.02 Å². The summed E-state index contributed by atoms with van der Waals surface area (Å²) in [6.45, 7) is 3.95. The van der Waals surface area contributed by atoms with Crippen LogP contribution in [0.5, 0.6) is 0 Å². The number of nitrogens with one attached hydrogen (secondary N) is 1. The molecular formula is C22H22ClN7O5S. The third kappa shape index (κ3) is 6.50. The summed E-state index contributed by atoms with van der Waals surface area (Å²) in [6, 6.07) is 10.5. The van der Waals surface area contributed by atoms with Crippen LogP contribution in [0.1, 0.15) is 21.7 Å². The minimum absolute atomic E-state index is 0.119. The number of hydrogen-bond donors (Lipinski definition) is 1. The minimum Gasteiger partial charge on any atom is -0.351 e. The fourth-order valence-corrected chi connectivity index (χ4v) is 4.62. The molecular weight excluding hydrogens is 510 g/mol. The van der Waals surface area contributed by atoms with Gasteiger partial charge in [-0.2, -0.15) is 4.37 Å². The lowest BCUT2D eigenvalue weighted by Crippen LogP contribution is -2.48. The molecule has 1 saturated heterocycles. The maximum absolute atomic E-state index is 12.4. The van der Waals surface area contributed by atoms with E-state index >= 15 is 0 Å². The molecule has 14 heteroatoms. The molecule has 2 heterocycles. The first kappa shape index (κ1) is 25.4. The summed E-state index contributed by atoms with van der Waals surface area (Å²) >= 11 is 7.31. The second kappa shape index (κ2) is 11.4. The fourth-order valence-electron chi connectivity index (χ4n) is 3.76. The molecule has 36 heavy (non-hydrogen) atoms. The highest BCUT2D eigenvalue weighted by atomic mass is 35.5.